The molecular weight excluding hydrogens is 258 g/mol. The van der Waals surface area contributed by atoms with Crippen molar-refractivity contribution in [1.29, 1.82) is 0 Å². The van der Waals surface area contributed by atoms with Crippen molar-refractivity contribution in [2.24, 2.45) is 0 Å². The van der Waals surface area contributed by atoms with E-state index in [0.717, 1.165) is 11.0 Å². The molecule has 0 aliphatic carbocycles. The predicted molar refractivity (Wildman–Crippen MR) is 51.6 cm³/mol. The lowest BCUT2D eigenvalue weighted by Gasteiger charge is -1.98. The molecule has 0 saturated carbocycles. The Morgan fingerprint density at radius 2 is 2.20 bits per heavy atom. The Balaban J connectivity index is 2.87. The van der Waals surface area contributed by atoms with E-state index < -0.39 is 0 Å². The summed E-state index contributed by atoms with van der Waals surface area (Å²) in [6, 6.07) is 8.16. The highest BCUT2D eigenvalue weighted by atomic mass is 79.9. The third kappa shape index (κ3) is 1.99. The molecule has 1 nitrogen and oxygen atoms in total. The van der Waals surface area contributed by atoms with Crippen molar-refractivity contribution < 1.29 is 0 Å². The van der Waals surface area contributed by atoms with Crippen LogP contribution in [-0.4, -0.2) is 0 Å². The van der Waals surface area contributed by atoms with Crippen molar-refractivity contribution in [3.05, 3.63) is 29.8 Å². The molecule has 1 rings (SSSR count). The number of anilines is 1. The van der Waals surface area contributed by atoms with Crippen LogP contribution in [0.5, 0.6) is 0 Å². The molecule has 0 unspecified atom stereocenters. The maximum atomic E-state index is 3.38. The second kappa shape index (κ2) is 3.98. The van der Waals surface area contributed by atoms with E-state index >= 15 is 0 Å². The first kappa shape index (κ1) is 8.08. The lowest BCUT2D eigenvalue weighted by molar-refractivity contribution is 1.44. The standard InChI is InChI=1S/C7H7Br2N/c8-5-6-2-1-3-7(4-6)10-9/h1-4,10H,5H2. The van der Waals surface area contributed by atoms with Crippen molar-refractivity contribution >= 4 is 37.8 Å². The largest absolute Gasteiger partial charge is 0.322 e. The minimum atomic E-state index is 0.898. The Morgan fingerprint density at radius 3 is 2.80 bits per heavy atom. The lowest BCUT2D eigenvalue weighted by atomic mass is 10.2. The van der Waals surface area contributed by atoms with Gasteiger partial charge in [0.15, 0.2) is 0 Å². The molecule has 0 spiro atoms. The van der Waals surface area contributed by atoms with Gasteiger partial charge in [-0.05, 0) is 17.7 Å². The van der Waals surface area contributed by atoms with Gasteiger partial charge in [0.1, 0.15) is 0 Å². The number of alkyl halides is 1. The van der Waals surface area contributed by atoms with E-state index in [4.69, 9.17) is 0 Å². The zero-order valence-corrected chi connectivity index (χ0v) is 8.44. The summed E-state index contributed by atoms with van der Waals surface area (Å²) in [5, 5.41) is 0.898. The van der Waals surface area contributed by atoms with Crippen molar-refractivity contribution in [2.45, 2.75) is 5.33 Å². The molecule has 0 bridgehead atoms. The van der Waals surface area contributed by atoms with Gasteiger partial charge >= 0.3 is 0 Å². The topological polar surface area (TPSA) is 12.0 Å². The highest BCUT2D eigenvalue weighted by Gasteiger charge is 1.90. The monoisotopic (exact) mass is 263 g/mol. The second-order valence-electron chi connectivity index (χ2n) is 1.93. The molecule has 0 aliphatic heterocycles. The van der Waals surface area contributed by atoms with Crippen molar-refractivity contribution in [3.63, 3.8) is 0 Å². The van der Waals surface area contributed by atoms with Crippen LogP contribution < -0.4 is 4.34 Å². The summed E-state index contributed by atoms with van der Waals surface area (Å²) in [6.07, 6.45) is 0. The number of rotatable bonds is 2. The molecular formula is C7H7Br2N. The van der Waals surface area contributed by atoms with Gasteiger partial charge in [-0.1, -0.05) is 28.1 Å². The third-order valence-electron chi connectivity index (χ3n) is 1.19. The van der Waals surface area contributed by atoms with E-state index in [1.54, 1.807) is 0 Å². The van der Waals surface area contributed by atoms with Crippen molar-refractivity contribution in [2.75, 3.05) is 4.34 Å². The molecule has 1 aromatic rings. The van der Waals surface area contributed by atoms with Gasteiger partial charge in [0.2, 0.25) is 0 Å². The summed E-state index contributed by atoms with van der Waals surface area (Å²) in [5.41, 5.74) is 2.35. The Labute approximate surface area is 77.3 Å². The average Bonchev–Trinajstić information content (AvgIpc) is 2.05. The molecule has 54 valence electrons. The molecule has 1 N–H and O–H groups in total. The second-order valence-corrected chi connectivity index (χ2v) is 2.89. The third-order valence-corrected chi connectivity index (χ3v) is 2.30. The van der Waals surface area contributed by atoms with Crippen LogP contribution in [-0.2, 0) is 5.33 Å². The van der Waals surface area contributed by atoms with Crippen LogP contribution in [0.15, 0.2) is 24.3 Å². The fourth-order valence-electron chi connectivity index (χ4n) is 0.713. The van der Waals surface area contributed by atoms with Crippen molar-refractivity contribution in [3.8, 4) is 0 Å². The maximum Gasteiger partial charge on any atom is 0.0465 e. The summed E-state index contributed by atoms with van der Waals surface area (Å²) in [4.78, 5) is 0. The summed E-state index contributed by atoms with van der Waals surface area (Å²) in [5.74, 6) is 0. The van der Waals surface area contributed by atoms with Gasteiger partial charge in [-0.2, -0.15) is 0 Å². The lowest BCUT2D eigenvalue weighted by Crippen LogP contribution is -1.81. The van der Waals surface area contributed by atoms with Gasteiger partial charge in [-0.25, -0.2) is 0 Å². The van der Waals surface area contributed by atoms with E-state index in [0.29, 0.717) is 0 Å². The summed E-state index contributed by atoms with van der Waals surface area (Å²) < 4.78 is 2.89. The molecule has 0 aliphatic rings. The molecule has 10 heavy (non-hydrogen) atoms. The fourth-order valence-corrected chi connectivity index (χ4v) is 1.31. The summed E-state index contributed by atoms with van der Waals surface area (Å²) in [6.45, 7) is 0. The van der Waals surface area contributed by atoms with Crippen LogP contribution in [0.4, 0.5) is 5.69 Å². The normalized spacial score (nSPS) is 9.40. The maximum absolute atomic E-state index is 3.38. The Kier molecular flexibility index (Phi) is 3.22. The van der Waals surface area contributed by atoms with Crippen LogP contribution in [0.3, 0.4) is 0 Å². The van der Waals surface area contributed by atoms with E-state index in [1.165, 1.54) is 5.56 Å². The zero-order chi connectivity index (χ0) is 7.40. The number of halogens is 2. The van der Waals surface area contributed by atoms with E-state index in [1.807, 2.05) is 12.1 Å². The SMILES string of the molecule is BrCc1cccc(NBr)c1. The van der Waals surface area contributed by atoms with E-state index in [2.05, 4.69) is 48.6 Å². The summed E-state index contributed by atoms with van der Waals surface area (Å²) in [7, 11) is 0. The van der Waals surface area contributed by atoms with Gasteiger partial charge < -0.3 is 4.34 Å². The molecule has 0 radical (unpaired) electrons. The molecule has 0 aromatic heterocycles. The number of nitrogens with one attached hydrogen (secondary N) is 1. The van der Waals surface area contributed by atoms with E-state index in [9.17, 15) is 0 Å². The number of benzene rings is 1. The summed E-state index contributed by atoms with van der Waals surface area (Å²) >= 11 is 6.53. The van der Waals surface area contributed by atoms with Gasteiger partial charge in [0.05, 0.1) is 0 Å². The first-order chi connectivity index (χ1) is 4.86. The van der Waals surface area contributed by atoms with Crippen molar-refractivity contribution in [1.82, 2.24) is 0 Å². The average molecular weight is 265 g/mol. The molecule has 0 amide bonds. The Bertz CT molecular complexity index is 193. The number of hydrogen-bond donors (Lipinski definition) is 1. The minimum absolute atomic E-state index is 0.898. The van der Waals surface area contributed by atoms with Gasteiger partial charge in [0.25, 0.3) is 0 Å². The molecule has 0 saturated heterocycles. The number of hydrogen-bond acceptors (Lipinski definition) is 1. The van der Waals surface area contributed by atoms with Gasteiger partial charge in [-0.3, -0.25) is 0 Å². The van der Waals surface area contributed by atoms with Crippen LogP contribution >= 0.6 is 32.1 Å². The first-order valence-corrected chi connectivity index (χ1v) is 4.80. The Hall–Kier alpha value is -0.0200. The van der Waals surface area contributed by atoms with Crippen LogP contribution in [0.25, 0.3) is 0 Å². The zero-order valence-electron chi connectivity index (χ0n) is 5.27. The minimum Gasteiger partial charge on any atom is -0.322 e. The first-order valence-electron chi connectivity index (χ1n) is 2.88. The molecule has 0 fully saturated rings. The van der Waals surface area contributed by atoms with Crippen LogP contribution in [0, 0.1) is 0 Å². The van der Waals surface area contributed by atoms with Crippen LogP contribution in [0.2, 0.25) is 0 Å². The van der Waals surface area contributed by atoms with Gasteiger partial charge in [0, 0.05) is 27.2 Å². The quantitative estimate of drug-likeness (QED) is 0.639. The Morgan fingerprint density at radius 1 is 1.40 bits per heavy atom. The van der Waals surface area contributed by atoms with Gasteiger partial charge in [-0.15, -0.1) is 0 Å². The highest BCUT2D eigenvalue weighted by Crippen LogP contribution is 2.13. The molecule has 0 atom stereocenters. The smallest absolute Gasteiger partial charge is 0.0465 e. The highest BCUT2D eigenvalue weighted by molar-refractivity contribution is 9.10. The predicted octanol–water partition coefficient (Wildman–Crippen LogP) is 3.30. The fraction of sp³-hybridized carbons (Fsp3) is 0.143. The molecule has 1 aromatic carbocycles. The van der Waals surface area contributed by atoms with E-state index in [-0.39, 0.29) is 0 Å². The molecule has 3 heteroatoms. The molecule has 0 heterocycles. The van der Waals surface area contributed by atoms with Crippen LogP contribution in [0.1, 0.15) is 5.56 Å².